The minimum Gasteiger partial charge on any atom is -0.352 e. The average molecular weight is 534 g/mol. The minimum atomic E-state index is -0.368. The Balaban J connectivity index is 1.35. The molecule has 0 spiro atoms. The molecule has 2 aliphatic rings. The number of rotatable bonds is 4. The lowest BCUT2D eigenvalue weighted by molar-refractivity contribution is -0.138. The number of amides is 1. The second-order valence-corrected chi connectivity index (χ2v) is 9.71. The van der Waals surface area contributed by atoms with Crippen molar-refractivity contribution in [3.63, 3.8) is 0 Å². The number of likely N-dealkylation sites (N-methyl/N-ethyl adjacent to an activating group) is 1. The van der Waals surface area contributed by atoms with E-state index in [2.05, 4.69) is 57.8 Å². The van der Waals surface area contributed by atoms with Gasteiger partial charge in [0.05, 0.1) is 5.39 Å². The Morgan fingerprint density at radius 1 is 1.06 bits per heavy atom. The maximum absolute atomic E-state index is 13.8. The van der Waals surface area contributed by atoms with E-state index >= 15 is 0 Å². The first-order chi connectivity index (χ1) is 16.0. The number of aromatic nitrogens is 4. The van der Waals surface area contributed by atoms with Gasteiger partial charge in [0.25, 0.3) is 0 Å². The Hall–Kier alpha value is -2.27. The molecule has 0 saturated carbocycles. The molecular weight excluding hydrogens is 508 g/mol. The number of piperazine rings is 2. The predicted octanol–water partition coefficient (Wildman–Crippen LogP) is 2.41. The molecule has 4 heterocycles. The number of halogens is 2. The summed E-state index contributed by atoms with van der Waals surface area (Å²) in [6.07, 6.45) is 1.53. The molecule has 2 saturated heterocycles. The van der Waals surface area contributed by atoms with Crippen molar-refractivity contribution in [1.82, 2.24) is 34.9 Å². The third kappa shape index (κ3) is 4.44. The molecule has 3 aromatic rings. The number of benzene rings is 1. The highest BCUT2D eigenvalue weighted by molar-refractivity contribution is 9.10. The molecule has 0 radical (unpaired) electrons. The molecule has 2 aliphatic heterocycles. The van der Waals surface area contributed by atoms with E-state index in [9.17, 15) is 4.79 Å². The third-order valence-electron chi connectivity index (χ3n) is 6.51. The van der Waals surface area contributed by atoms with Crippen molar-refractivity contribution in [2.24, 2.45) is 0 Å². The second kappa shape index (κ2) is 9.54. The summed E-state index contributed by atoms with van der Waals surface area (Å²) in [6.45, 7) is 6.16. The predicted molar refractivity (Wildman–Crippen MR) is 131 cm³/mol. The molecule has 9 nitrogen and oxygen atoms in total. The van der Waals surface area contributed by atoms with Gasteiger partial charge in [-0.05, 0) is 34.6 Å². The molecule has 1 N–H and O–H groups in total. The van der Waals surface area contributed by atoms with Crippen molar-refractivity contribution in [1.29, 1.82) is 0 Å². The van der Waals surface area contributed by atoms with Crippen molar-refractivity contribution in [3.8, 4) is 0 Å². The van der Waals surface area contributed by atoms with Gasteiger partial charge in [-0.3, -0.25) is 14.8 Å². The molecule has 11 heteroatoms. The average Bonchev–Trinajstić information content (AvgIpc) is 3.23. The molecule has 0 bridgehead atoms. The molecule has 2 aromatic heterocycles. The zero-order chi connectivity index (χ0) is 22.9. The maximum Gasteiger partial charge on any atom is 0.244 e. The van der Waals surface area contributed by atoms with Crippen LogP contribution in [0.25, 0.3) is 11.0 Å². The van der Waals surface area contributed by atoms with E-state index in [4.69, 9.17) is 11.6 Å². The van der Waals surface area contributed by atoms with Crippen molar-refractivity contribution in [2.45, 2.75) is 6.04 Å². The Morgan fingerprint density at radius 3 is 2.52 bits per heavy atom. The van der Waals surface area contributed by atoms with Crippen molar-refractivity contribution in [2.75, 3.05) is 64.3 Å². The first-order valence-electron chi connectivity index (χ1n) is 11.1. The number of aromatic amines is 1. The molecule has 2 fully saturated rings. The zero-order valence-electron chi connectivity index (χ0n) is 18.4. The highest BCUT2D eigenvalue weighted by Crippen LogP contribution is 2.32. The van der Waals surface area contributed by atoms with Gasteiger partial charge in [0.15, 0.2) is 5.65 Å². The van der Waals surface area contributed by atoms with Crippen LogP contribution in [-0.2, 0) is 4.79 Å². The van der Waals surface area contributed by atoms with Gasteiger partial charge in [0.2, 0.25) is 5.91 Å². The summed E-state index contributed by atoms with van der Waals surface area (Å²) in [7, 11) is 2.12. The van der Waals surface area contributed by atoms with E-state index in [1.54, 1.807) is 0 Å². The lowest BCUT2D eigenvalue weighted by atomic mass is 10.0. The summed E-state index contributed by atoms with van der Waals surface area (Å²) >= 11 is 10.1. The van der Waals surface area contributed by atoms with Gasteiger partial charge >= 0.3 is 0 Å². The Kier molecular flexibility index (Phi) is 6.51. The fourth-order valence-electron chi connectivity index (χ4n) is 4.62. The number of H-pyrrole nitrogens is 1. The highest BCUT2D eigenvalue weighted by Gasteiger charge is 2.35. The molecule has 1 unspecified atom stereocenters. The molecule has 5 rings (SSSR count). The van der Waals surface area contributed by atoms with Crippen LogP contribution in [0.1, 0.15) is 11.6 Å². The first kappa shape index (κ1) is 22.5. The number of anilines is 1. The molecule has 1 atom stereocenters. The van der Waals surface area contributed by atoms with Gasteiger partial charge in [-0.25, -0.2) is 9.97 Å². The minimum absolute atomic E-state index is 0.115. The largest absolute Gasteiger partial charge is 0.352 e. The molecule has 33 heavy (non-hydrogen) atoms. The zero-order valence-corrected chi connectivity index (χ0v) is 20.8. The van der Waals surface area contributed by atoms with Gasteiger partial charge in [-0.15, -0.1) is 0 Å². The van der Waals surface area contributed by atoms with E-state index in [0.717, 1.165) is 47.5 Å². The number of carbonyl (C=O) groups is 1. The summed E-state index contributed by atoms with van der Waals surface area (Å²) in [5.74, 6) is 0.944. The highest BCUT2D eigenvalue weighted by atomic mass is 79.9. The lowest BCUT2D eigenvalue weighted by Crippen LogP contribution is -2.54. The van der Waals surface area contributed by atoms with Crippen LogP contribution in [0.3, 0.4) is 0 Å². The van der Waals surface area contributed by atoms with Crippen LogP contribution in [0, 0.1) is 0 Å². The topological polar surface area (TPSA) is 84.5 Å². The van der Waals surface area contributed by atoms with Crippen LogP contribution in [-0.4, -0.2) is 100 Å². The molecular formula is C22H26BrClN8O. The van der Waals surface area contributed by atoms with Crippen LogP contribution in [0.4, 0.5) is 5.82 Å². The lowest BCUT2D eigenvalue weighted by Gasteiger charge is -2.42. The molecule has 1 amide bonds. The Morgan fingerprint density at radius 2 is 1.79 bits per heavy atom. The van der Waals surface area contributed by atoms with Gasteiger partial charge < -0.3 is 14.7 Å². The number of nitrogens with one attached hydrogen (secondary N) is 1. The molecule has 174 valence electrons. The van der Waals surface area contributed by atoms with Gasteiger partial charge in [0, 0.05) is 57.4 Å². The summed E-state index contributed by atoms with van der Waals surface area (Å²) < 4.78 is 0.764. The molecule has 0 aliphatic carbocycles. The standard InChI is InChI=1S/C22H26BrClN8O/c1-29-6-8-30(9-7-29)18(15-4-2-3-5-16(15)24)22(33)32-12-10-31(11-13-32)21-17-19(23)27-28-20(17)25-14-26-21/h2-5,14,18H,6-13H2,1H3,(H,25,26,27,28). The van der Waals surface area contributed by atoms with Crippen LogP contribution in [0.5, 0.6) is 0 Å². The van der Waals surface area contributed by atoms with E-state index in [0.29, 0.717) is 36.8 Å². The summed E-state index contributed by atoms with van der Waals surface area (Å²) in [4.78, 5) is 31.3. The summed E-state index contributed by atoms with van der Waals surface area (Å²) in [5.41, 5.74) is 1.51. The number of carbonyl (C=O) groups excluding carboxylic acids is 1. The van der Waals surface area contributed by atoms with Crippen LogP contribution in [0.15, 0.2) is 35.2 Å². The van der Waals surface area contributed by atoms with Crippen LogP contribution in [0.2, 0.25) is 5.02 Å². The number of hydrogen-bond acceptors (Lipinski definition) is 7. The Labute approximate surface area is 205 Å². The fraction of sp³-hybridized carbons (Fsp3) is 0.455. The monoisotopic (exact) mass is 532 g/mol. The van der Waals surface area contributed by atoms with E-state index in [1.807, 2.05) is 29.2 Å². The first-order valence-corrected chi connectivity index (χ1v) is 12.3. The number of hydrogen-bond donors (Lipinski definition) is 1. The van der Waals surface area contributed by atoms with Crippen molar-refractivity contribution >= 4 is 50.3 Å². The smallest absolute Gasteiger partial charge is 0.244 e. The van der Waals surface area contributed by atoms with E-state index in [1.165, 1.54) is 6.33 Å². The van der Waals surface area contributed by atoms with E-state index < -0.39 is 0 Å². The number of nitrogens with zero attached hydrogens (tertiary/aromatic N) is 7. The van der Waals surface area contributed by atoms with Crippen molar-refractivity contribution < 1.29 is 4.79 Å². The van der Waals surface area contributed by atoms with Crippen LogP contribution < -0.4 is 4.90 Å². The quantitative estimate of drug-likeness (QED) is 0.551. The van der Waals surface area contributed by atoms with Gasteiger partial charge in [-0.1, -0.05) is 29.8 Å². The van der Waals surface area contributed by atoms with Crippen molar-refractivity contribution in [3.05, 3.63) is 45.8 Å². The molecule has 1 aromatic carbocycles. The third-order valence-corrected chi connectivity index (χ3v) is 7.43. The Bertz CT molecular complexity index is 1140. The maximum atomic E-state index is 13.8. The normalized spacial score (nSPS) is 19.2. The summed E-state index contributed by atoms with van der Waals surface area (Å²) in [5, 5.41) is 8.62. The SMILES string of the molecule is CN1CCN(C(C(=O)N2CCN(c3ncnc4n[nH]c(Br)c34)CC2)c2ccccc2Cl)CC1. The second-order valence-electron chi connectivity index (χ2n) is 8.51. The number of fused-ring (bicyclic) bond motifs is 1. The van der Waals surface area contributed by atoms with E-state index in [-0.39, 0.29) is 11.9 Å². The van der Waals surface area contributed by atoms with Crippen LogP contribution >= 0.6 is 27.5 Å². The fourth-order valence-corrected chi connectivity index (χ4v) is 5.30. The van der Waals surface area contributed by atoms with Gasteiger partial charge in [-0.2, -0.15) is 5.10 Å². The summed E-state index contributed by atoms with van der Waals surface area (Å²) in [6, 6.07) is 7.35. The van der Waals surface area contributed by atoms with Gasteiger partial charge in [0.1, 0.15) is 22.8 Å².